The number of rotatable bonds is 4. The fraction of sp³-hybridized carbons (Fsp3) is 0.312. The quantitative estimate of drug-likeness (QED) is 0.752. The molecule has 1 aromatic carbocycles. The molecule has 2 rings (SSSR count). The van der Waals surface area contributed by atoms with Gasteiger partial charge in [0.1, 0.15) is 5.75 Å². The summed E-state index contributed by atoms with van der Waals surface area (Å²) in [5.74, 6) is 1.08. The van der Waals surface area contributed by atoms with Crippen molar-refractivity contribution in [1.82, 2.24) is 4.98 Å². The van der Waals surface area contributed by atoms with E-state index in [2.05, 4.69) is 18.8 Å². The topological polar surface area (TPSA) is 22.1 Å². The monoisotopic (exact) mass is 295 g/mol. The molecule has 0 fully saturated rings. The molecule has 0 saturated carbocycles. The third-order valence-corrected chi connectivity index (χ3v) is 3.34. The minimum absolute atomic E-state index is 0.152. The molecule has 0 amide bonds. The predicted octanol–water partition coefficient (Wildman–Crippen LogP) is 5.41. The minimum atomic E-state index is -4.39. The van der Waals surface area contributed by atoms with Gasteiger partial charge in [0.15, 0.2) is 0 Å². The highest BCUT2D eigenvalue weighted by Crippen LogP contribution is 2.33. The second-order valence-electron chi connectivity index (χ2n) is 4.83. The first-order chi connectivity index (χ1) is 9.91. The van der Waals surface area contributed by atoms with Gasteiger partial charge in [-0.3, -0.25) is 0 Å². The van der Waals surface area contributed by atoms with Crippen LogP contribution in [0.25, 0.3) is 0 Å². The molecule has 0 spiro atoms. The summed E-state index contributed by atoms with van der Waals surface area (Å²) in [4.78, 5) is 3.72. The number of aromatic nitrogens is 1. The van der Waals surface area contributed by atoms with Crippen LogP contribution in [-0.2, 0) is 6.18 Å². The number of benzene rings is 1. The van der Waals surface area contributed by atoms with Crippen molar-refractivity contribution in [3.63, 3.8) is 0 Å². The lowest BCUT2D eigenvalue weighted by atomic mass is 9.98. The third-order valence-electron chi connectivity index (χ3n) is 3.34. The summed E-state index contributed by atoms with van der Waals surface area (Å²) >= 11 is 0. The van der Waals surface area contributed by atoms with Gasteiger partial charge >= 0.3 is 6.18 Å². The van der Waals surface area contributed by atoms with Crippen molar-refractivity contribution in [2.24, 2.45) is 0 Å². The Balaban J connectivity index is 2.23. The number of para-hydroxylation sites is 1. The molecule has 0 aliphatic rings. The molecule has 1 atom stereocenters. The van der Waals surface area contributed by atoms with Gasteiger partial charge in [-0.2, -0.15) is 13.2 Å². The Labute approximate surface area is 121 Å². The largest absolute Gasteiger partial charge is 0.439 e. The van der Waals surface area contributed by atoms with Crippen molar-refractivity contribution in [3.8, 4) is 11.6 Å². The fourth-order valence-electron chi connectivity index (χ4n) is 1.92. The van der Waals surface area contributed by atoms with Gasteiger partial charge < -0.3 is 4.74 Å². The standard InChI is InChI=1S/C16H16F3NO/c1-3-11(2)13-6-4-5-7-14(13)21-15-9-8-12(10-20-15)16(17,18)19/h4-11H,3H2,1-2H3/t11-/m0/s1. The molecule has 0 aliphatic heterocycles. The summed E-state index contributed by atoms with van der Waals surface area (Å²) < 4.78 is 43.1. The molecule has 21 heavy (non-hydrogen) atoms. The number of ether oxygens (including phenoxy) is 1. The molecule has 0 radical (unpaired) electrons. The SMILES string of the molecule is CC[C@H](C)c1ccccc1Oc1ccc(C(F)(F)F)cn1. The molecule has 1 heterocycles. The highest BCUT2D eigenvalue weighted by molar-refractivity contribution is 5.38. The Morgan fingerprint density at radius 2 is 1.86 bits per heavy atom. The van der Waals surface area contributed by atoms with Crippen LogP contribution >= 0.6 is 0 Å². The van der Waals surface area contributed by atoms with Crippen LogP contribution in [-0.4, -0.2) is 4.98 Å². The van der Waals surface area contributed by atoms with Crippen molar-refractivity contribution in [1.29, 1.82) is 0 Å². The first-order valence-electron chi connectivity index (χ1n) is 6.72. The van der Waals surface area contributed by atoms with Gasteiger partial charge in [-0.05, 0) is 30.0 Å². The Morgan fingerprint density at radius 1 is 1.14 bits per heavy atom. The molecule has 2 nitrogen and oxygen atoms in total. The smallest absolute Gasteiger partial charge is 0.417 e. The lowest BCUT2D eigenvalue weighted by Gasteiger charge is -2.15. The van der Waals surface area contributed by atoms with Crippen molar-refractivity contribution in [2.75, 3.05) is 0 Å². The second kappa shape index (κ2) is 6.16. The van der Waals surface area contributed by atoms with E-state index in [4.69, 9.17) is 4.74 Å². The van der Waals surface area contributed by atoms with Crippen molar-refractivity contribution >= 4 is 0 Å². The van der Waals surface area contributed by atoms with Crippen LogP contribution in [0.5, 0.6) is 11.6 Å². The molecular weight excluding hydrogens is 279 g/mol. The number of alkyl halides is 3. The second-order valence-corrected chi connectivity index (χ2v) is 4.83. The average Bonchev–Trinajstić information content (AvgIpc) is 2.46. The molecule has 5 heteroatoms. The number of hydrogen-bond acceptors (Lipinski definition) is 2. The van der Waals surface area contributed by atoms with Crippen LogP contribution in [0.3, 0.4) is 0 Å². The van der Waals surface area contributed by atoms with E-state index in [0.717, 1.165) is 24.2 Å². The highest BCUT2D eigenvalue weighted by atomic mass is 19.4. The summed E-state index contributed by atoms with van der Waals surface area (Å²) in [6, 6.07) is 9.68. The molecule has 0 bridgehead atoms. The normalized spacial score (nSPS) is 13.0. The van der Waals surface area contributed by atoms with Crippen molar-refractivity contribution in [2.45, 2.75) is 32.4 Å². The van der Waals surface area contributed by atoms with Crippen LogP contribution in [0.15, 0.2) is 42.6 Å². The Morgan fingerprint density at radius 3 is 2.43 bits per heavy atom. The van der Waals surface area contributed by atoms with E-state index >= 15 is 0 Å². The lowest BCUT2D eigenvalue weighted by Crippen LogP contribution is -2.05. The maximum atomic E-state index is 12.5. The Kier molecular flexibility index (Phi) is 4.50. The van der Waals surface area contributed by atoms with Crippen LogP contribution in [0.1, 0.15) is 37.3 Å². The van der Waals surface area contributed by atoms with E-state index in [1.807, 2.05) is 18.2 Å². The molecule has 0 N–H and O–H groups in total. The van der Waals surface area contributed by atoms with Gasteiger partial charge in [-0.1, -0.05) is 32.0 Å². The average molecular weight is 295 g/mol. The summed E-state index contributed by atoms with van der Waals surface area (Å²) in [6.07, 6.45) is -2.66. The van der Waals surface area contributed by atoms with Crippen LogP contribution in [0.4, 0.5) is 13.2 Å². The van der Waals surface area contributed by atoms with E-state index < -0.39 is 11.7 Å². The Hall–Kier alpha value is -2.04. The third kappa shape index (κ3) is 3.74. The zero-order chi connectivity index (χ0) is 15.5. The Bertz CT molecular complexity index is 593. The predicted molar refractivity (Wildman–Crippen MR) is 74.5 cm³/mol. The first-order valence-corrected chi connectivity index (χ1v) is 6.72. The fourth-order valence-corrected chi connectivity index (χ4v) is 1.92. The molecule has 2 aromatic rings. The maximum absolute atomic E-state index is 12.5. The summed E-state index contributed by atoms with van der Waals surface area (Å²) in [6.45, 7) is 4.14. The molecule has 0 aliphatic carbocycles. The minimum Gasteiger partial charge on any atom is -0.439 e. The van der Waals surface area contributed by atoms with Gasteiger partial charge in [0.25, 0.3) is 0 Å². The molecule has 0 saturated heterocycles. The molecule has 1 aromatic heterocycles. The lowest BCUT2D eigenvalue weighted by molar-refractivity contribution is -0.137. The van der Waals surface area contributed by atoms with Gasteiger partial charge in [0.2, 0.25) is 5.88 Å². The number of hydrogen-bond donors (Lipinski definition) is 0. The molecule has 112 valence electrons. The van der Waals surface area contributed by atoms with Crippen molar-refractivity contribution in [3.05, 3.63) is 53.7 Å². The van der Waals surface area contributed by atoms with Gasteiger partial charge in [0.05, 0.1) is 5.56 Å². The first kappa shape index (κ1) is 15.4. The van der Waals surface area contributed by atoms with Gasteiger partial charge in [0, 0.05) is 12.3 Å². The number of nitrogens with zero attached hydrogens (tertiary/aromatic N) is 1. The van der Waals surface area contributed by atoms with Crippen molar-refractivity contribution < 1.29 is 17.9 Å². The van der Waals surface area contributed by atoms with E-state index in [1.165, 1.54) is 6.07 Å². The van der Waals surface area contributed by atoms with E-state index in [0.29, 0.717) is 11.7 Å². The summed E-state index contributed by atoms with van der Waals surface area (Å²) in [7, 11) is 0. The van der Waals surface area contributed by atoms with Crippen LogP contribution in [0, 0.1) is 0 Å². The van der Waals surface area contributed by atoms with E-state index in [1.54, 1.807) is 6.07 Å². The van der Waals surface area contributed by atoms with Gasteiger partial charge in [-0.25, -0.2) is 4.98 Å². The zero-order valence-corrected chi connectivity index (χ0v) is 11.8. The van der Waals surface area contributed by atoms with E-state index in [-0.39, 0.29) is 5.88 Å². The maximum Gasteiger partial charge on any atom is 0.417 e. The van der Waals surface area contributed by atoms with E-state index in [9.17, 15) is 13.2 Å². The molecule has 0 unspecified atom stereocenters. The van der Waals surface area contributed by atoms with Crippen LogP contribution in [0.2, 0.25) is 0 Å². The van der Waals surface area contributed by atoms with Crippen LogP contribution < -0.4 is 4.74 Å². The van der Waals surface area contributed by atoms with Gasteiger partial charge in [-0.15, -0.1) is 0 Å². The summed E-state index contributed by atoms with van der Waals surface area (Å²) in [5.41, 5.74) is 0.228. The summed E-state index contributed by atoms with van der Waals surface area (Å²) in [5, 5.41) is 0. The number of pyridine rings is 1. The zero-order valence-electron chi connectivity index (χ0n) is 11.8. The number of halogens is 3. The molecular formula is C16H16F3NO. The highest BCUT2D eigenvalue weighted by Gasteiger charge is 2.30.